The maximum Gasteiger partial charge on any atom is 0.576 e. The van der Waals surface area contributed by atoms with Crippen LogP contribution in [0.2, 0.25) is 0 Å². The SMILES string of the molecule is Cc1noc(C)c1OBOc1c(C)noc1C. The summed E-state index contributed by atoms with van der Waals surface area (Å²) in [5, 5.41) is 7.56. The van der Waals surface area contributed by atoms with Crippen molar-refractivity contribution in [2.24, 2.45) is 0 Å². The van der Waals surface area contributed by atoms with Crippen molar-refractivity contribution in [2.45, 2.75) is 27.7 Å². The summed E-state index contributed by atoms with van der Waals surface area (Å²) in [6.07, 6.45) is 0. The second-order valence-electron chi connectivity index (χ2n) is 3.71. The first-order valence-electron chi connectivity index (χ1n) is 5.21. The number of hydrogen-bond acceptors (Lipinski definition) is 6. The predicted molar refractivity (Wildman–Crippen MR) is 60.4 cm³/mol. The summed E-state index contributed by atoms with van der Waals surface area (Å²) in [5.74, 6) is 2.48. The molecule has 7 heteroatoms. The van der Waals surface area contributed by atoms with Crippen LogP contribution in [0.3, 0.4) is 0 Å². The van der Waals surface area contributed by atoms with Crippen LogP contribution in [0, 0.1) is 27.7 Å². The van der Waals surface area contributed by atoms with Crippen molar-refractivity contribution in [3.8, 4) is 11.5 Å². The molecule has 0 spiro atoms. The molecule has 17 heavy (non-hydrogen) atoms. The molecule has 0 aromatic carbocycles. The molecule has 2 aromatic heterocycles. The standard InChI is InChI=1S/C10H13BN2O4/c1-5-9(7(3)16-12-5)14-11-15-10-6(2)13-17-8(10)4/h11H,1-4H3. The van der Waals surface area contributed by atoms with Crippen molar-refractivity contribution >= 4 is 7.69 Å². The van der Waals surface area contributed by atoms with E-state index < -0.39 is 0 Å². The molecule has 6 nitrogen and oxygen atoms in total. The quantitative estimate of drug-likeness (QED) is 0.751. The molecule has 0 aliphatic carbocycles. The van der Waals surface area contributed by atoms with Crippen LogP contribution in [0.5, 0.6) is 11.5 Å². The molecule has 0 aliphatic heterocycles. The summed E-state index contributed by atoms with van der Waals surface area (Å²) in [6.45, 7) is 7.18. The van der Waals surface area contributed by atoms with Gasteiger partial charge in [-0.25, -0.2) is 0 Å². The highest BCUT2D eigenvalue weighted by Crippen LogP contribution is 2.23. The molecular weight excluding hydrogens is 223 g/mol. The summed E-state index contributed by atoms with van der Waals surface area (Å²) < 4.78 is 20.8. The Balaban J connectivity index is 1.97. The van der Waals surface area contributed by atoms with Gasteiger partial charge in [0.25, 0.3) is 0 Å². The van der Waals surface area contributed by atoms with E-state index in [1.54, 1.807) is 13.8 Å². The fourth-order valence-corrected chi connectivity index (χ4v) is 1.51. The fraction of sp³-hybridized carbons (Fsp3) is 0.400. The molecule has 0 fully saturated rings. The summed E-state index contributed by atoms with van der Waals surface area (Å²) in [6, 6.07) is 0. The third-order valence-corrected chi connectivity index (χ3v) is 2.34. The van der Waals surface area contributed by atoms with Crippen LogP contribution in [0.4, 0.5) is 0 Å². The Bertz CT molecular complexity index is 435. The fourth-order valence-electron chi connectivity index (χ4n) is 1.51. The van der Waals surface area contributed by atoms with Gasteiger partial charge in [-0.15, -0.1) is 0 Å². The van der Waals surface area contributed by atoms with Gasteiger partial charge in [0, 0.05) is 13.8 Å². The van der Waals surface area contributed by atoms with Gasteiger partial charge in [-0.1, -0.05) is 10.3 Å². The average molecular weight is 236 g/mol. The third-order valence-electron chi connectivity index (χ3n) is 2.34. The Hall–Kier alpha value is -1.92. The molecule has 0 N–H and O–H groups in total. The first-order valence-corrected chi connectivity index (χ1v) is 5.21. The summed E-state index contributed by atoms with van der Waals surface area (Å²) >= 11 is 0. The molecule has 0 bridgehead atoms. The van der Waals surface area contributed by atoms with E-state index in [2.05, 4.69) is 10.3 Å². The molecular formula is C10H13BN2O4. The average Bonchev–Trinajstić information content (AvgIpc) is 2.77. The van der Waals surface area contributed by atoms with Crippen LogP contribution in [-0.4, -0.2) is 18.0 Å². The van der Waals surface area contributed by atoms with E-state index in [1.165, 1.54) is 0 Å². The van der Waals surface area contributed by atoms with E-state index in [-0.39, 0.29) is 7.69 Å². The van der Waals surface area contributed by atoms with Crippen molar-refractivity contribution in [3.05, 3.63) is 22.9 Å². The normalized spacial score (nSPS) is 10.4. The van der Waals surface area contributed by atoms with E-state index in [9.17, 15) is 0 Å². The molecule has 0 saturated carbocycles. The zero-order chi connectivity index (χ0) is 12.4. The lowest BCUT2D eigenvalue weighted by Crippen LogP contribution is -2.12. The molecule has 0 saturated heterocycles. The Morgan fingerprint density at radius 3 is 1.53 bits per heavy atom. The van der Waals surface area contributed by atoms with Crippen molar-refractivity contribution in [2.75, 3.05) is 0 Å². The molecule has 0 amide bonds. The number of aryl methyl sites for hydroxylation is 4. The minimum Gasteiger partial charge on any atom is -0.525 e. The number of hydrogen-bond donors (Lipinski definition) is 0. The summed E-state index contributed by atoms with van der Waals surface area (Å²) in [5.41, 5.74) is 1.40. The van der Waals surface area contributed by atoms with Gasteiger partial charge in [0.2, 0.25) is 0 Å². The minimum absolute atomic E-state index is 0.0613. The third kappa shape index (κ3) is 2.27. The smallest absolute Gasteiger partial charge is 0.525 e. The van der Waals surface area contributed by atoms with Gasteiger partial charge in [-0.05, 0) is 13.8 Å². The topological polar surface area (TPSA) is 70.5 Å². The van der Waals surface area contributed by atoms with Crippen molar-refractivity contribution in [1.82, 2.24) is 10.3 Å². The predicted octanol–water partition coefficient (Wildman–Crippen LogP) is 1.62. The molecule has 0 unspecified atom stereocenters. The lowest BCUT2D eigenvalue weighted by molar-refractivity contribution is 0.380. The first kappa shape index (κ1) is 11.6. The minimum atomic E-state index is 0.0613. The Kier molecular flexibility index (Phi) is 3.08. The van der Waals surface area contributed by atoms with Crippen LogP contribution in [0.1, 0.15) is 22.9 Å². The molecule has 2 aromatic rings. The van der Waals surface area contributed by atoms with E-state index in [1.807, 2.05) is 13.8 Å². The van der Waals surface area contributed by atoms with Gasteiger partial charge in [0.1, 0.15) is 11.4 Å². The van der Waals surface area contributed by atoms with Gasteiger partial charge in [0.15, 0.2) is 23.0 Å². The van der Waals surface area contributed by atoms with Gasteiger partial charge >= 0.3 is 7.69 Å². The van der Waals surface area contributed by atoms with E-state index >= 15 is 0 Å². The van der Waals surface area contributed by atoms with Crippen LogP contribution in [-0.2, 0) is 0 Å². The lowest BCUT2D eigenvalue weighted by atomic mass is 10.3. The van der Waals surface area contributed by atoms with Gasteiger partial charge in [-0.3, -0.25) is 0 Å². The van der Waals surface area contributed by atoms with E-state index in [0.717, 1.165) is 0 Å². The highest BCUT2D eigenvalue weighted by Gasteiger charge is 2.14. The maximum atomic E-state index is 5.44. The zero-order valence-electron chi connectivity index (χ0n) is 10.2. The summed E-state index contributed by atoms with van der Waals surface area (Å²) in [4.78, 5) is 0. The largest absolute Gasteiger partial charge is 0.576 e. The Labute approximate surface area is 99.2 Å². The second kappa shape index (κ2) is 4.53. The van der Waals surface area contributed by atoms with Crippen molar-refractivity contribution in [1.29, 1.82) is 0 Å². The van der Waals surface area contributed by atoms with Crippen LogP contribution in [0.15, 0.2) is 9.05 Å². The lowest BCUT2D eigenvalue weighted by Gasteiger charge is -2.05. The van der Waals surface area contributed by atoms with Crippen molar-refractivity contribution in [3.63, 3.8) is 0 Å². The number of rotatable bonds is 4. The molecule has 2 rings (SSSR count). The zero-order valence-corrected chi connectivity index (χ0v) is 10.2. The van der Waals surface area contributed by atoms with Crippen LogP contribution < -0.4 is 9.31 Å². The molecule has 90 valence electrons. The van der Waals surface area contributed by atoms with E-state index in [0.29, 0.717) is 34.4 Å². The molecule has 0 atom stereocenters. The van der Waals surface area contributed by atoms with Gasteiger partial charge < -0.3 is 18.4 Å². The van der Waals surface area contributed by atoms with E-state index in [4.69, 9.17) is 18.4 Å². The Morgan fingerprint density at radius 1 is 0.824 bits per heavy atom. The highest BCUT2D eigenvalue weighted by atomic mass is 16.6. The van der Waals surface area contributed by atoms with Crippen LogP contribution in [0.25, 0.3) is 0 Å². The molecule has 0 aliphatic rings. The first-order chi connectivity index (χ1) is 8.09. The number of aromatic nitrogens is 2. The van der Waals surface area contributed by atoms with Gasteiger partial charge in [-0.2, -0.15) is 0 Å². The number of nitrogens with zero attached hydrogens (tertiary/aromatic N) is 2. The Morgan fingerprint density at radius 2 is 1.24 bits per heavy atom. The van der Waals surface area contributed by atoms with Crippen LogP contribution >= 0.6 is 0 Å². The maximum absolute atomic E-state index is 5.44. The summed E-state index contributed by atoms with van der Waals surface area (Å²) in [7, 11) is 0.0613. The monoisotopic (exact) mass is 236 g/mol. The molecule has 2 heterocycles. The second-order valence-corrected chi connectivity index (χ2v) is 3.71. The van der Waals surface area contributed by atoms with Gasteiger partial charge in [0.05, 0.1) is 0 Å². The molecule has 0 radical (unpaired) electrons. The highest BCUT2D eigenvalue weighted by molar-refractivity contribution is 6.20. The van der Waals surface area contributed by atoms with Crippen molar-refractivity contribution < 1.29 is 18.4 Å².